The van der Waals surface area contributed by atoms with Crippen LogP contribution >= 0.6 is 34.7 Å². The summed E-state index contributed by atoms with van der Waals surface area (Å²) in [6.45, 7) is 0. The number of benzene rings is 1. The van der Waals surface area contributed by atoms with Gasteiger partial charge in [0.25, 0.3) is 5.56 Å². The molecule has 0 aliphatic heterocycles. The van der Waals surface area contributed by atoms with Crippen LogP contribution in [-0.4, -0.2) is 9.38 Å². The lowest BCUT2D eigenvalue weighted by Gasteiger charge is -2.10. The number of aromatic nitrogens is 2. The van der Waals surface area contributed by atoms with Crippen LogP contribution in [0.1, 0.15) is 29.1 Å². The Hall–Kier alpha value is -1.30. The Bertz CT molecular complexity index is 915. The third kappa shape index (κ3) is 3.05. The molecule has 1 aromatic carbocycles. The number of halogens is 1. The van der Waals surface area contributed by atoms with Gasteiger partial charge >= 0.3 is 0 Å². The van der Waals surface area contributed by atoms with Gasteiger partial charge in [0.2, 0.25) is 0 Å². The Kier molecular flexibility index (Phi) is 4.18. The van der Waals surface area contributed by atoms with Gasteiger partial charge in [-0.25, -0.2) is 4.98 Å². The second-order valence-corrected chi connectivity index (χ2v) is 8.17. The molecular formula is C17H15ClN2OS2. The first-order chi connectivity index (χ1) is 11.2. The highest BCUT2D eigenvalue weighted by Crippen LogP contribution is 2.29. The maximum atomic E-state index is 12.5. The molecule has 0 N–H and O–H groups in total. The molecular weight excluding hydrogens is 348 g/mol. The Morgan fingerprint density at radius 1 is 1.22 bits per heavy atom. The van der Waals surface area contributed by atoms with Crippen LogP contribution in [0.5, 0.6) is 0 Å². The normalized spacial score (nSPS) is 14.1. The minimum Gasteiger partial charge on any atom is -0.269 e. The van der Waals surface area contributed by atoms with Gasteiger partial charge in [-0.05, 0) is 49.9 Å². The van der Waals surface area contributed by atoms with Gasteiger partial charge in [-0.1, -0.05) is 11.6 Å². The minimum atomic E-state index is 0.0566. The molecule has 3 aromatic rings. The van der Waals surface area contributed by atoms with Gasteiger partial charge < -0.3 is 0 Å². The van der Waals surface area contributed by atoms with Gasteiger partial charge in [0.1, 0.15) is 0 Å². The summed E-state index contributed by atoms with van der Waals surface area (Å²) in [4.78, 5) is 20.5. The SMILES string of the molecule is O=c1cc(CSc2ccc(Cl)cc2)nc2sc3c(n12)CCCC3. The fraction of sp³-hybridized carbons (Fsp3) is 0.294. The van der Waals surface area contributed by atoms with Crippen molar-refractivity contribution in [2.45, 2.75) is 36.3 Å². The van der Waals surface area contributed by atoms with Crippen LogP contribution in [0.4, 0.5) is 0 Å². The van der Waals surface area contributed by atoms with E-state index in [1.807, 2.05) is 28.7 Å². The molecule has 23 heavy (non-hydrogen) atoms. The molecule has 1 aliphatic rings. The summed E-state index contributed by atoms with van der Waals surface area (Å²) < 4.78 is 1.82. The largest absolute Gasteiger partial charge is 0.269 e. The van der Waals surface area contributed by atoms with Crippen molar-refractivity contribution in [3.63, 3.8) is 0 Å². The number of thiazole rings is 1. The minimum absolute atomic E-state index is 0.0566. The smallest absolute Gasteiger partial charge is 0.259 e. The summed E-state index contributed by atoms with van der Waals surface area (Å²) in [6.07, 6.45) is 4.46. The number of aryl methyl sites for hydroxylation is 2. The molecule has 0 radical (unpaired) electrons. The highest BCUT2D eigenvalue weighted by molar-refractivity contribution is 7.98. The van der Waals surface area contributed by atoms with Gasteiger partial charge in [0, 0.05) is 32.3 Å². The van der Waals surface area contributed by atoms with Crippen molar-refractivity contribution >= 4 is 39.7 Å². The zero-order valence-corrected chi connectivity index (χ0v) is 14.8. The molecule has 3 nitrogen and oxygen atoms in total. The molecule has 6 heteroatoms. The number of rotatable bonds is 3. The van der Waals surface area contributed by atoms with Crippen molar-refractivity contribution in [2.75, 3.05) is 0 Å². The summed E-state index contributed by atoms with van der Waals surface area (Å²) >= 11 is 9.25. The first kappa shape index (κ1) is 15.2. The van der Waals surface area contributed by atoms with E-state index in [1.54, 1.807) is 29.2 Å². The molecule has 0 bridgehead atoms. The topological polar surface area (TPSA) is 34.4 Å². The highest BCUT2D eigenvalue weighted by Gasteiger charge is 2.18. The zero-order valence-electron chi connectivity index (χ0n) is 12.4. The molecule has 4 rings (SSSR count). The summed E-state index contributed by atoms with van der Waals surface area (Å²) in [5.41, 5.74) is 2.08. The van der Waals surface area contributed by atoms with Crippen LogP contribution in [0.2, 0.25) is 5.02 Å². The first-order valence-corrected chi connectivity index (χ1v) is 9.80. The van der Waals surface area contributed by atoms with Crippen molar-refractivity contribution in [2.24, 2.45) is 0 Å². The van der Waals surface area contributed by atoms with Crippen LogP contribution < -0.4 is 5.56 Å². The number of hydrogen-bond donors (Lipinski definition) is 0. The van der Waals surface area contributed by atoms with E-state index in [0.29, 0.717) is 5.75 Å². The lowest BCUT2D eigenvalue weighted by atomic mass is 10.0. The lowest BCUT2D eigenvalue weighted by Crippen LogP contribution is -2.17. The average Bonchev–Trinajstić information content (AvgIpc) is 2.93. The first-order valence-electron chi connectivity index (χ1n) is 7.62. The maximum absolute atomic E-state index is 12.5. The number of nitrogens with zero attached hydrogens (tertiary/aromatic N) is 2. The average molecular weight is 363 g/mol. The van der Waals surface area contributed by atoms with Crippen LogP contribution in [0.25, 0.3) is 4.96 Å². The third-order valence-electron chi connectivity index (χ3n) is 4.02. The van der Waals surface area contributed by atoms with Gasteiger partial charge in [0.05, 0.1) is 5.69 Å². The van der Waals surface area contributed by atoms with Crippen LogP contribution in [-0.2, 0) is 18.6 Å². The van der Waals surface area contributed by atoms with Gasteiger partial charge in [-0.15, -0.1) is 23.1 Å². The molecule has 0 saturated heterocycles. The molecule has 118 valence electrons. The molecule has 0 amide bonds. The maximum Gasteiger partial charge on any atom is 0.259 e. The Morgan fingerprint density at radius 2 is 2.00 bits per heavy atom. The number of thioether (sulfide) groups is 1. The van der Waals surface area contributed by atoms with Crippen molar-refractivity contribution in [1.82, 2.24) is 9.38 Å². The van der Waals surface area contributed by atoms with E-state index in [0.717, 1.165) is 33.4 Å². The summed E-state index contributed by atoms with van der Waals surface area (Å²) in [5, 5.41) is 0.733. The number of fused-ring (bicyclic) bond motifs is 3. The van der Waals surface area contributed by atoms with Gasteiger partial charge in [-0.3, -0.25) is 9.20 Å². The summed E-state index contributed by atoms with van der Waals surface area (Å²) in [5.74, 6) is 0.690. The third-order valence-corrected chi connectivity index (χ3v) is 6.46. The molecule has 0 saturated carbocycles. The summed E-state index contributed by atoms with van der Waals surface area (Å²) in [7, 11) is 0. The Labute approximate surface area is 147 Å². The standard InChI is InChI=1S/C17H15ClN2OS2/c18-11-5-7-13(8-6-11)22-10-12-9-16(21)20-14-3-1-2-4-15(14)23-17(20)19-12/h5-9H,1-4,10H2. The summed E-state index contributed by atoms with van der Waals surface area (Å²) in [6, 6.07) is 9.41. The second-order valence-electron chi connectivity index (χ2n) is 5.63. The molecule has 0 unspecified atom stereocenters. The second kappa shape index (κ2) is 6.30. The Balaban J connectivity index is 1.63. The number of hydrogen-bond acceptors (Lipinski definition) is 4. The molecule has 0 fully saturated rings. The van der Waals surface area contributed by atoms with E-state index >= 15 is 0 Å². The fourth-order valence-corrected chi connectivity index (χ4v) is 5.05. The lowest BCUT2D eigenvalue weighted by molar-refractivity contribution is 0.670. The van der Waals surface area contributed by atoms with Gasteiger partial charge in [-0.2, -0.15) is 0 Å². The quantitative estimate of drug-likeness (QED) is 0.639. The van der Waals surface area contributed by atoms with E-state index < -0.39 is 0 Å². The van der Waals surface area contributed by atoms with Gasteiger partial charge in [0.15, 0.2) is 4.96 Å². The molecule has 2 aromatic heterocycles. The molecule has 1 aliphatic carbocycles. The van der Waals surface area contributed by atoms with E-state index in [2.05, 4.69) is 0 Å². The fourth-order valence-electron chi connectivity index (χ4n) is 2.90. The van der Waals surface area contributed by atoms with Crippen LogP contribution in [0.15, 0.2) is 40.0 Å². The van der Waals surface area contributed by atoms with Crippen molar-refractivity contribution in [3.05, 3.63) is 62.0 Å². The van der Waals surface area contributed by atoms with E-state index in [9.17, 15) is 4.79 Å². The van der Waals surface area contributed by atoms with Crippen molar-refractivity contribution in [3.8, 4) is 0 Å². The van der Waals surface area contributed by atoms with E-state index in [4.69, 9.17) is 16.6 Å². The van der Waals surface area contributed by atoms with Crippen LogP contribution in [0, 0.1) is 0 Å². The monoisotopic (exact) mass is 362 g/mol. The molecule has 0 atom stereocenters. The molecule has 2 heterocycles. The zero-order chi connectivity index (χ0) is 15.8. The van der Waals surface area contributed by atoms with E-state index in [-0.39, 0.29) is 5.56 Å². The predicted octanol–water partition coefficient (Wildman–Crippen LogP) is 4.58. The Morgan fingerprint density at radius 3 is 2.83 bits per heavy atom. The highest BCUT2D eigenvalue weighted by atomic mass is 35.5. The predicted molar refractivity (Wildman–Crippen MR) is 97.0 cm³/mol. The van der Waals surface area contributed by atoms with E-state index in [1.165, 1.54) is 23.4 Å². The van der Waals surface area contributed by atoms with Crippen LogP contribution in [0.3, 0.4) is 0 Å². The molecule has 0 spiro atoms. The van der Waals surface area contributed by atoms with Crippen molar-refractivity contribution in [1.29, 1.82) is 0 Å². The van der Waals surface area contributed by atoms with Crippen molar-refractivity contribution < 1.29 is 0 Å².